The van der Waals surface area contributed by atoms with E-state index in [-0.39, 0.29) is 58.9 Å². The number of hydrogen-bond donors (Lipinski definition) is 2. The summed E-state index contributed by atoms with van der Waals surface area (Å²) in [6, 6.07) is 8.49. The molecule has 0 bridgehead atoms. The molecule has 7 heteroatoms. The van der Waals surface area contributed by atoms with E-state index in [2.05, 4.69) is 71.1 Å². The Kier molecular flexibility index (Phi) is 11.8. The fourth-order valence-corrected chi connectivity index (χ4v) is 15.2. The van der Waals surface area contributed by atoms with E-state index in [0.29, 0.717) is 67.0 Å². The summed E-state index contributed by atoms with van der Waals surface area (Å²) in [5.41, 5.74) is 4.58. The number of Topliss-reactive ketones (excluding diaryl/α,β-unsaturated/α-hetero) is 2. The van der Waals surface area contributed by atoms with Gasteiger partial charge in [0.1, 0.15) is 17.6 Å². The second-order valence-corrected chi connectivity index (χ2v) is 21.4. The molecule has 0 amide bonds. The molecule has 7 aliphatic rings. The molecule has 1 saturated heterocycles. The van der Waals surface area contributed by atoms with E-state index < -0.39 is 5.97 Å². The topological polar surface area (TPSA) is 102 Å². The van der Waals surface area contributed by atoms with Crippen molar-refractivity contribution in [2.75, 3.05) is 19.8 Å². The molecule has 8 rings (SSSR count). The minimum absolute atomic E-state index is 0. The number of benzene rings is 1. The monoisotopic (exact) mass is 786 g/mol. The molecule has 1 aliphatic heterocycles. The van der Waals surface area contributed by atoms with Gasteiger partial charge in [0, 0.05) is 37.1 Å². The number of ketones is 2. The Morgan fingerprint density at radius 3 is 2.33 bits per heavy atom. The highest BCUT2D eigenvalue weighted by atomic mass is 16.5. The van der Waals surface area contributed by atoms with Gasteiger partial charge in [-0.1, -0.05) is 73.6 Å². The maximum absolute atomic E-state index is 14.0. The zero-order valence-corrected chi connectivity index (χ0v) is 35.6. The maximum Gasteiger partial charge on any atom is 0.306 e. The fourth-order valence-electron chi connectivity index (χ4n) is 15.2. The number of fused-ring (bicyclic) bond motifs is 7. The first kappa shape index (κ1) is 42.6. The van der Waals surface area contributed by atoms with Crippen LogP contribution in [0.1, 0.15) is 145 Å². The number of allylic oxidation sites excluding steroid dienone is 2. The molecule has 6 aliphatic carbocycles. The molecular weight excluding hydrogens is 711 g/mol. The van der Waals surface area contributed by atoms with Gasteiger partial charge in [0.05, 0.1) is 19.1 Å². The first-order valence-electron chi connectivity index (χ1n) is 22.7. The van der Waals surface area contributed by atoms with Crippen LogP contribution in [0.15, 0.2) is 35.4 Å². The van der Waals surface area contributed by atoms with Crippen molar-refractivity contribution in [3.05, 3.63) is 41.0 Å². The van der Waals surface area contributed by atoms with Crippen LogP contribution in [0, 0.1) is 74.9 Å². The van der Waals surface area contributed by atoms with Gasteiger partial charge >= 0.3 is 5.97 Å². The van der Waals surface area contributed by atoms with Crippen molar-refractivity contribution in [3.8, 4) is 5.75 Å². The molecule has 7 nitrogen and oxygen atoms in total. The number of carbonyl (C=O) groups excluding carboxylic acids is 2. The van der Waals surface area contributed by atoms with Gasteiger partial charge in [-0.25, -0.2) is 0 Å². The highest BCUT2D eigenvalue weighted by Gasteiger charge is 2.66. The maximum atomic E-state index is 14.0. The van der Waals surface area contributed by atoms with Gasteiger partial charge in [0.25, 0.3) is 0 Å². The van der Waals surface area contributed by atoms with Crippen LogP contribution in [0.5, 0.6) is 5.75 Å². The molecule has 6 fully saturated rings. The van der Waals surface area contributed by atoms with E-state index in [1.54, 1.807) is 5.57 Å². The lowest BCUT2D eigenvalue weighted by Crippen LogP contribution is -2.62. The summed E-state index contributed by atoms with van der Waals surface area (Å²) in [5.74, 6) is 3.41. The SMILES string of the molecule is C.CC(C)C1=C2C3CCC4C(C)(CCC5C(C)(C)C(CC(=O)C6CC(C(=O)O)C6C)CCC54C)C3CCC2(CCNCc2ccc(OC3CCOC3)cc2)CC1=O. The summed E-state index contributed by atoms with van der Waals surface area (Å²) >= 11 is 0. The van der Waals surface area contributed by atoms with Gasteiger partial charge in [-0.15, -0.1) is 0 Å². The number of carboxylic acid groups (broad SMARTS) is 1. The van der Waals surface area contributed by atoms with E-state index in [4.69, 9.17) is 9.47 Å². The molecule has 0 aromatic heterocycles. The fraction of sp³-hybridized carbons (Fsp3) is 0.780. The molecule has 12 unspecified atom stereocenters. The minimum atomic E-state index is -0.748. The molecule has 316 valence electrons. The molecule has 1 aromatic carbocycles. The summed E-state index contributed by atoms with van der Waals surface area (Å²) in [6.07, 6.45) is 13.5. The Balaban J connectivity index is 0.00000496. The number of hydrogen-bond acceptors (Lipinski definition) is 6. The third-order valence-electron chi connectivity index (χ3n) is 18.2. The molecule has 0 radical (unpaired) electrons. The van der Waals surface area contributed by atoms with Crippen LogP contribution >= 0.6 is 0 Å². The smallest absolute Gasteiger partial charge is 0.306 e. The molecule has 1 aromatic rings. The highest BCUT2D eigenvalue weighted by Crippen LogP contribution is 2.74. The number of carbonyl (C=O) groups is 3. The average Bonchev–Trinajstić information content (AvgIpc) is 3.76. The van der Waals surface area contributed by atoms with Crippen LogP contribution in [-0.2, 0) is 25.7 Å². The predicted octanol–water partition coefficient (Wildman–Crippen LogP) is 10.5. The summed E-state index contributed by atoms with van der Waals surface area (Å²) in [5, 5.41) is 13.3. The van der Waals surface area contributed by atoms with E-state index >= 15 is 0 Å². The van der Waals surface area contributed by atoms with Gasteiger partial charge < -0.3 is 19.9 Å². The number of nitrogens with one attached hydrogen (secondary N) is 1. The first-order chi connectivity index (χ1) is 26.6. The van der Waals surface area contributed by atoms with E-state index in [9.17, 15) is 19.5 Å². The zero-order valence-electron chi connectivity index (χ0n) is 35.6. The second kappa shape index (κ2) is 15.8. The Morgan fingerprint density at radius 2 is 1.67 bits per heavy atom. The van der Waals surface area contributed by atoms with Crippen molar-refractivity contribution < 1.29 is 29.0 Å². The molecule has 5 saturated carbocycles. The van der Waals surface area contributed by atoms with Crippen LogP contribution < -0.4 is 10.1 Å². The van der Waals surface area contributed by atoms with Crippen LogP contribution in [0.2, 0.25) is 0 Å². The lowest BCUT2D eigenvalue weighted by atomic mass is 9.35. The van der Waals surface area contributed by atoms with Crippen molar-refractivity contribution in [2.24, 2.45) is 74.9 Å². The molecule has 2 N–H and O–H groups in total. The van der Waals surface area contributed by atoms with Crippen LogP contribution in [0.3, 0.4) is 0 Å². The number of aliphatic carboxylic acids is 1. The standard InChI is InChI=1S/C49H71NO6.CH4/c1-29(2)43-40(52)26-49(21-22-50-27-31-8-10-33(11-9-31)56-34-17-23-55-28-34)20-15-38-35(44(43)49)12-13-42-47(38,6)19-16-41-46(4,5)32(14-18-48(41,42)7)24-39(51)36-25-37(30(36)3)45(53)54;/h8-11,29-30,32,34-38,41-42,50H,12-28H2,1-7H3,(H,53,54);1H4. The third-order valence-corrected chi connectivity index (χ3v) is 18.2. The molecule has 0 spiro atoms. The van der Waals surface area contributed by atoms with Crippen molar-refractivity contribution in [2.45, 2.75) is 152 Å². The zero-order chi connectivity index (χ0) is 39.8. The lowest BCUT2D eigenvalue weighted by Gasteiger charge is -2.69. The molecule has 1 heterocycles. The Hall–Kier alpha value is -2.51. The van der Waals surface area contributed by atoms with Crippen LogP contribution in [0.25, 0.3) is 0 Å². The minimum Gasteiger partial charge on any atom is -0.488 e. The first-order valence-corrected chi connectivity index (χ1v) is 22.7. The average molecular weight is 786 g/mol. The van der Waals surface area contributed by atoms with Gasteiger partial charge in [0.2, 0.25) is 0 Å². The number of carboxylic acids is 1. The predicted molar refractivity (Wildman–Crippen MR) is 226 cm³/mol. The third kappa shape index (κ3) is 7.19. The van der Waals surface area contributed by atoms with Gasteiger partial charge in [0.15, 0.2) is 5.78 Å². The largest absolute Gasteiger partial charge is 0.488 e. The normalized spacial score (nSPS) is 40.6. The summed E-state index contributed by atoms with van der Waals surface area (Å²) in [4.78, 5) is 39.3. The van der Waals surface area contributed by atoms with Gasteiger partial charge in [-0.3, -0.25) is 14.4 Å². The quantitative estimate of drug-likeness (QED) is 0.204. The number of ether oxygens (including phenoxy) is 2. The lowest BCUT2D eigenvalue weighted by molar-refractivity contribution is -0.193. The molecular formula is C50H75NO6. The number of rotatable bonds is 12. The summed E-state index contributed by atoms with van der Waals surface area (Å²) in [6.45, 7) is 19.9. The van der Waals surface area contributed by atoms with Crippen molar-refractivity contribution in [1.29, 1.82) is 0 Å². The summed E-state index contributed by atoms with van der Waals surface area (Å²) < 4.78 is 11.5. The van der Waals surface area contributed by atoms with Gasteiger partial charge in [-0.2, -0.15) is 0 Å². The van der Waals surface area contributed by atoms with Crippen LogP contribution in [-0.4, -0.2) is 48.5 Å². The Morgan fingerprint density at radius 1 is 0.930 bits per heavy atom. The van der Waals surface area contributed by atoms with Crippen molar-refractivity contribution >= 4 is 17.5 Å². The van der Waals surface area contributed by atoms with Gasteiger partial charge in [-0.05, 0) is 152 Å². The Bertz CT molecular complexity index is 1710. The van der Waals surface area contributed by atoms with E-state index in [1.807, 2.05) is 6.92 Å². The Labute approximate surface area is 344 Å². The highest BCUT2D eigenvalue weighted by molar-refractivity contribution is 6.00. The second-order valence-electron chi connectivity index (χ2n) is 21.4. The summed E-state index contributed by atoms with van der Waals surface area (Å²) in [7, 11) is 0. The van der Waals surface area contributed by atoms with Crippen molar-refractivity contribution in [3.63, 3.8) is 0 Å². The molecule has 12 atom stereocenters. The van der Waals surface area contributed by atoms with E-state index in [0.717, 1.165) is 51.1 Å². The van der Waals surface area contributed by atoms with Crippen molar-refractivity contribution in [1.82, 2.24) is 5.32 Å². The molecule has 57 heavy (non-hydrogen) atoms. The van der Waals surface area contributed by atoms with E-state index in [1.165, 1.54) is 49.7 Å². The van der Waals surface area contributed by atoms with Crippen LogP contribution in [0.4, 0.5) is 0 Å².